The first kappa shape index (κ1) is 19.8. The lowest BCUT2D eigenvalue weighted by Gasteiger charge is -2.13. The van der Waals surface area contributed by atoms with Crippen LogP contribution in [-0.2, 0) is 9.53 Å². The maximum atomic E-state index is 12.2. The van der Waals surface area contributed by atoms with E-state index in [9.17, 15) is 4.79 Å². The van der Waals surface area contributed by atoms with Crippen molar-refractivity contribution < 1.29 is 19.0 Å². The van der Waals surface area contributed by atoms with E-state index in [0.29, 0.717) is 42.9 Å². The SMILES string of the molecule is CCOCCOc1ccccc1NC(=O)COc1ccc(C(C)C)cc1. The maximum absolute atomic E-state index is 12.2. The highest BCUT2D eigenvalue weighted by Gasteiger charge is 2.09. The Morgan fingerprint density at radius 3 is 2.42 bits per heavy atom. The van der Waals surface area contributed by atoms with Gasteiger partial charge in [-0.05, 0) is 42.7 Å². The molecule has 0 aliphatic heterocycles. The lowest BCUT2D eigenvalue weighted by atomic mass is 10.0. The smallest absolute Gasteiger partial charge is 0.262 e. The summed E-state index contributed by atoms with van der Waals surface area (Å²) in [6, 6.07) is 15.1. The van der Waals surface area contributed by atoms with E-state index >= 15 is 0 Å². The van der Waals surface area contributed by atoms with E-state index in [1.807, 2.05) is 49.4 Å². The quantitative estimate of drug-likeness (QED) is 0.646. The first-order chi connectivity index (χ1) is 12.6. The van der Waals surface area contributed by atoms with Gasteiger partial charge in [-0.15, -0.1) is 0 Å². The van der Waals surface area contributed by atoms with Crippen LogP contribution in [0.15, 0.2) is 48.5 Å². The minimum Gasteiger partial charge on any atom is -0.489 e. The van der Waals surface area contributed by atoms with Crippen molar-refractivity contribution in [2.45, 2.75) is 26.7 Å². The Kier molecular flexibility index (Phi) is 7.96. The third kappa shape index (κ3) is 6.41. The van der Waals surface area contributed by atoms with Crippen molar-refractivity contribution in [3.05, 3.63) is 54.1 Å². The highest BCUT2D eigenvalue weighted by Crippen LogP contribution is 2.24. The summed E-state index contributed by atoms with van der Waals surface area (Å²) in [7, 11) is 0. The molecule has 0 saturated heterocycles. The summed E-state index contributed by atoms with van der Waals surface area (Å²) in [5.74, 6) is 1.51. The number of benzene rings is 2. The summed E-state index contributed by atoms with van der Waals surface area (Å²) in [5.41, 5.74) is 1.85. The predicted molar refractivity (Wildman–Crippen MR) is 103 cm³/mol. The molecule has 0 atom stereocenters. The molecule has 26 heavy (non-hydrogen) atoms. The fraction of sp³-hybridized carbons (Fsp3) is 0.381. The van der Waals surface area contributed by atoms with Gasteiger partial charge in [-0.2, -0.15) is 0 Å². The number of carbonyl (C=O) groups is 1. The molecule has 2 rings (SSSR count). The van der Waals surface area contributed by atoms with Gasteiger partial charge in [-0.3, -0.25) is 4.79 Å². The second-order valence-corrected chi connectivity index (χ2v) is 6.10. The average Bonchev–Trinajstić information content (AvgIpc) is 2.65. The number of amides is 1. The Balaban J connectivity index is 1.85. The molecule has 0 spiro atoms. The Labute approximate surface area is 155 Å². The number of hydrogen-bond acceptors (Lipinski definition) is 4. The van der Waals surface area contributed by atoms with Crippen LogP contribution in [0.5, 0.6) is 11.5 Å². The van der Waals surface area contributed by atoms with Crippen LogP contribution in [0.2, 0.25) is 0 Å². The fourth-order valence-corrected chi connectivity index (χ4v) is 2.33. The Morgan fingerprint density at radius 2 is 1.73 bits per heavy atom. The van der Waals surface area contributed by atoms with Crippen molar-refractivity contribution in [3.8, 4) is 11.5 Å². The zero-order valence-corrected chi connectivity index (χ0v) is 15.7. The Bertz CT molecular complexity index is 683. The van der Waals surface area contributed by atoms with Gasteiger partial charge in [0.05, 0.1) is 12.3 Å². The first-order valence-electron chi connectivity index (χ1n) is 8.92. The summed E-state index contributed by atoms with van der Waals surface area (Å²) in [6.45, 7) is 7.73. The number of ether oxygens (including phenoxy) is 3. The molecule has 0 aromatic heterocycles. The highest BCUT2D eigenvalue weighted by molar-refractivity contribution is 5.93. The topological polar surface area (TPSA) is 56.8 Å². The van der Waals surface area contributed by atoms with Crippen LogP contribution in [0.1, 0.15) is 32.3 Å². The summed E-state index contributed by atoms with van der Waals surface area (Å²) in [5, 5.41) is 2.82. The molecule has 140 valence electrons. The Hall–Kier alpha value is -2.53. The van der Waals surface area contributed by atoms with Crippen LogP contribution in [0.25, 0.3) is 0 Å². The van der Waals surface area contributed by atoms with Gasteiger partial charge in [0.15, 0.2) is 6.61 Å². The van der Waals surface area contributed by atoms with Crippen LogP contribution >= 0.6 is 0 Å². The van der Waals surface area contributed by atoms with Crippen LogP contribution in [0.4, 0.5) is 5.69 Å². The first-order valence-corrected chi connectivity index (χ1v) is 8.92. The molecule has 0 bridgehead atoms. The molecule has 2 aromatic carbocycles. The molecule has 0 heterocycles. The summed E-state index contributed by atoms with van der Waals surface area (Å²) >= 11 is 0. The molecule has 0 saturated carbocycles. The van der Waals surface area contributed by atoms with Crippen molar-refractivity contribution >= 4 is 11.6 Å². The number of rotatable bonds is 10. The number of hydrogen-bond donors (Lipinski definition) is 1. The van der Waals surface area contributed by atoms with Gasteiger partial charge < -0.3 is 19.5 Å². The molecule has 1 amide bonds. The van der Waals surface area contributed by atoms with Crippen LogP contribution < -0.4 is 14.8 Å². The molecule has 0 radical (unpaired) electrons. The average molecular weight is 357 g/mol. The minimum atomic E-state index is -0.237. The highest BCUT2D eigenvalue weighted by atomic mass is 16.5. The zero-order valence-electron chi connectivity index (χ0n) is 15.7. The van der Waals surface area contributed by atoms with E-state index in [0.717, 1.165) is 0 Å². The molecule has 1 N–H and O–H groups in total. The van der Waals surface area contributed by atoms with Gasteiger partial charge in [0.25, 0.3) is 5.91 Å². The van der Waals surface area contributed by atoms with Gasteiger partial charge in [-0.25, -0.2) is 0 Å². The second-order valence-electron chi connectivity index (χ2n) is 6.10. The van der Waals surface area contributed by atoms with Gasteiger partial charge in [0.1, 0.15) is 18.1 Å². The lowest BCUT2D eigenvalue weighted by molar-refractivity contribution is -0.118. The van der Waals surface area contributed by atoms with Crippen molar-refractivity contribution in [1.82, 2.24) is 0 Å². The van der Waals surface area contributed by atoms with Crippen molar-refractivity contribution in [2.75, 3.05) is 31.7 Å². The third-order valence-corrected chi connectivity index (χ3v) is 3.77. The van der Waals surface area contributed by atoms with E-state index in [1.54, 1.807) is 6.07 Å². The van der Waals surface area contributed by atoms with E-state index in [-0.39, 0.29) is 12.5 Å². The number of anilines is 1. The number of nitrogens with one attached hydrogen (secondary N) is 1. The summed E-state index contributed by atoms with van der Waals surface area (Å²) < 4.78 is 16.5. The van der Waals surface area contributed by atoms with E-state index < -0.39 is 0 Å². The van der Waals surface area contributed by atoms with Crippen LogP contribution in [0.3, 0.4) is 0 Å². The molecule has 5 heteroatoms. The standard InChI is InChI=1S/C21H27NO4/c1-4-24-13-14-25-20-8-6-5-7-19(20)22-21(23)15-26-18-11-9-17(10-12-18)16(2)3/h5-12,16H,4,13-15H2,1-3H3,(H,22,23). The molecular weight excluding hydrogens is 330 g/mol. The molecule has 0 fully saturated rings. The van der Waals surface area contributed by atoms with Gasteiger partial charge >= 0.3 is 0 Å². The molecule has 0 aliphatic rings. The maximum Gasteiger partial charge on any atom is 0.262 e. The Morgan fingerprint density at radius 1 is 1.00 bits per heavy atom. The van der Waals surface area contributed by atoms with Gasteiger partial charge in [0.2, 0.25) is 0 Å². The second kappa shape index (κ2) is 10.5. The molecular formula is C21H27NO4. The van der Waals surface area contributed by atoms with Crippen molar-refractivity contribution in [3.63, 3.8) is 0 Å². The van der Waals surface area contributed by atoms with Crippen LogP contribution in [-0.4, -0.2) is 32.3 Å². The zero-order chi connectivity index (χ0) is 18.8. The fourth-order valence-electron chi connectivity index (χ4n) is 2.33. The lowest BCUT2D eigenvalue weighted by Crippen LogP contribution is -2.20. The van der Waals surface area contributed by atoms with E-state index in [1.165, 1.54) is 5.56 Å². The molecule has 0 aliphatic carbocycles. The molecule has 0 unspecified atom stereocenters. The van der Waals surface area contributed by atoms with Gasteiger partial charge in [0, 0.05) is 6.61 Å². The van der Waals surface area contributed by atoms with Crippen molar-refractivity contribution in [2.24, 2.45) is 0 Å². The molecule has 2 aromatic rings. The number of para-hydroxylation sites is 2. The van der Waals surface area contributed by atoms with Gasteiger partial charge in [-0.1, -0.05) is 38.1 Å². The predicted octanol–water partition coefficient (Wildman–Crippen LogP) is 4.24. The number of carbonyl (C=O) groups excluding carboxylic acids is 1. The monoisotopic (exact) mass is 357 g/mol. The third-order valence-electron chi connectivity index (χ3n) is 3.77. The van der Waals surface area contributed by atoms with E-state index in [2.05, 4.69) is 19.2 Å². The van der Waals surface area contributed by atoms with Crippen LogP contribution in [0, 0.1) is 0 Å². The minimum absolute atomic E-state index is 0.0612. The normalized spacial score (nSPS) is 10.6. The molecule has 5 nitrogen and oxygen atoms in total. The van der Waals surface area contributed by atoms with E-state index in [4.69, 9.17) is 14.2 Å². The summed E-state index contributed by atoms with van der Waals surface area (Å²) in [6.07, 6.45) is 0. The van der Waals surface area contributed by atoms with Crippen molar-refractivity contribution in [1.29, 1.82) is 0 Å². The summed E-state index contributed by atoms with van der Waals surface area (Å²) in [4.78, 5) is 12.2. The largest absolute Gasteiger partial charge is 0.489 e.